The van der Waals surface area contributed by atoms with Crippen molar-refractivity contribution in [3.05, 3.63) is 143 Å². The van der Waals surface area contributed by atoms with E-state index in [9.17, 15) is 65.9 Å². The number of anilines is 4. The number of rotatable bonds is 8. The van der Waals surface area contributed by atoms with E-state index in [1.54, 1.807) is 0 Å². The topological polar surface area (TPSA) is 141 Å². The molecule has 340 valence electrons. The minimum Gasteiger partial charge on any atom is -0.457 e. The minimum atomic E-state index is -4.95. The standard InChI is InChI=1S/C21H13F9N2O2.C20H14F6N2O2/c22-19(23,24)10-1-13(31)7-15(3-10)33-17-5-12(21(28,29)30)6-18(9-17)34-16-4-11(20(25,26)27)2-14(32)8-16;21-19(22,23)11-4-13(27)8-17(6-11)29-15-2-1-3-16(10-15)30-18-7-12(20(24,25)26)5-14(28)9-18/h1-9H,31-32H2;1-10H,27-28H2. The molecule has 0 amide bonds. The van der Waals surface area contributed by atoms with Gasteiger partial charge in [0.15, 0.2) is 0 Å². The second-order valence-electron chi connectivity index (χ2n) is 13.2. The van der Waals surface area contributed by atoms with Gasteiger partial charge in [0.2, 0.25) is 0 Å². The van der Waals surface area contributed by atoms with E-state index in [1.807, 2.05) is 0 Å². The van der Waals surface area contributed by atoms with Gasteiger partial charge < -0.3 is 41.9 Å². The predicted molar refractivity (Wildman–Crippen MR) is 202 cm³/mol. The van der Waals surface area contributed by atoms with Crippen LogP contribution in [0.5, 0.6) is 46.0 Å². The average Bonchev–Trinajstić information content (AvgIpc) is 3.12. The first-order chi connectivity index (χ1) is 29.4. The molecule has 8 N–H and O–H groups in total. The third-order valence-corrected chi connectivity index (χ3v) is 7.98. The van der Waals surface area contributed by atoms with Crippen molar-refractivity contribution < 1.29 is 84.8 Å². The normalized spacial score (nSPS) is 12.2. The van der Waals surface area contributed by atoms with Crippen LogP contribution in [0.2, 0.25) is 0 Å². The highest BCUT2D eigenvalue weighted by Crippen LogP contribution is 2.42. The van der Waals surface area contributed by atoms with Gasteiger partial charge in [0.05, 0.1) is 27.8 Å². The van der Waals surface area contributed by atoms with Crippen LogP contribution < -0.4 is 41.9 Å². The van der Waals surface area contributed by atoms with E-state index in [4.69, 9.17) is 41.9 Å². The number of hydrogen-bond acceptors (Lipinski definition) is 8. The summed E-state index contributed by atoms with van der Waals surface area (Å²) in [5.74, 6) is -2.42. The van der Waals surface area contributed by atoms with Gasteiger partial charge in [0, 0.05) is 59.1 Å². The van der Waals surface area contributed by atoms with Crippen LogP contribution in [0.15, 0.2) is 115 Å². The molecule has 64 heavy (non-hydrogen) atoms. The van der Waals surface area contributed by atoms with Gasteiger partial charge in [-0.1, -0.05) is 6.07 Å². The van der Waals surface area contributed by atoms with Gasteiger partial charge in [-0.25, -0.2) is 0 Å². The molecule has 0 aliphatic heterocycles. The van der Waals surface area contributed by atoms with Crippen LogP contribution in [0.1, 0.15) is 27.8 Å². The number of hydrogen-bond donors (Lipinski definition) is 4. The second kappa shape index (κ2) is 17.8. The van der Waals surface area contributed by atoms with Crippen molar-refractivity contribution >= 4 is 22.7 Å². The van der Waals surface area contributed by atoms with E-state index < -0.39 is 81.7 Å². The Morgan fingerprint density at radius 1 is 0.250 bits per heavy atom. The zero-order valence-electron chi connectivity index (χ0n) is 31.6. The minimum absolute atomic E-state index is 0.0890. The number of halogens is 15. The zero-order chi connectivity index (χ0) is 47.6. The lowest BCUT2D eigenvalue weighted by Crippen LogP contribution is -2.07. The number of ether oxygens (including phenoxy) is 4. The summed E-state index contributed by atoms with van der Waals surface area (Å²) in [5.41, 5.74) is 15.1. The van der Waals surface area contributed by atoms with Crippen molar-refractivity contribution in [2.45, 2.75) is 30.9 Å². The van der Waals surface area contributed by atoms with E-state index in [1.165, 1.54) is 36.4 Å². The van der Waals surface area contributed by atoms with Crippen molar-refractivity contribution in [1.82, 2.24) is 0 Å². The summed E-state index contributed by atoms with van der Waals surface area (Å²) in [6, 6.07) is 17.1. The van der Waals surface area contributed by atoms with Gasteiger partial charge in [-0.2, -0.15) is 65.9 Å². The molecule has 6 aromatic rings. The molecule has 8 nitrogen and oxygen atoms in total. The van der Waals surface area contributed by atoms with Gasteiger partial charge in [0.1, 0.15) is 46.0 Å². The lowest BCUT2D eigenvalue weighted by Gasteiger charge is -2.16. The number of nitrogen functional groups attached to an aromatic ring is 4. The van der Waals surface area contributed by atoms with Crippen molar-refractivity contribution in [3.63, 3.8) is 0 Å². The predicted octanol–water partition coefficient (Wildman–Crippen LogP) is 14.0. The molecule has 0 heterocycles. The number of nitrogens with two attached hydrogens (primary N) is 4. The Morgan fingerprint density at radius 2 is 0.438 bits per heavy atom. The fourth-order valence-corrected chi connectivity index (χ4v) is 5.38. The van der Waals surface area contributed by atoms with Crippen LogP contribution in [0.25, 0.3) is 0 Å². The average molecular weight is 925 g/mol. The van der Waals surface area contributed by atoms with E-state index in [-0.39, 0.29) is 45.7 Å². The van der Waals surface area contributed by atoms with E-state index >= 15 is 0 Å². The fraction of sp³-hybridized carbons (Fsp3) is 0.122. The molecule has 0 radical (unpaired) electrons. The second-order valence-corrected chi connectivity index (χ2v) is 13.2. The molecule has 0 saturated heterocycles. The lowest BCUT2D eigenvalue weighted by molar-refractivity contribution is -0.138. The van der Waals surface area contributed by atoms with Crippen LogP contribution in [0.3, 0.4) is 0 Å². The van der Waals surface area contributed by atoms with Crippen molar-refractivity contribution in [2.75, 3.05) is 22.9 Å². The third-order valence-electron chi connectivity index (χ3n) is 7.98. The van der Waals surface area contributed by atoms with Gasteiger partial charge >= 0.3 is 30.9 Å². The monoisotopic (exact) mass is 924 g/mol. The molecule has 0 saturated carbocycles. The Morgan fingerprint density at radius 3 is 0.672 bits per heavy atom. The van der Waals surface area contributed by atoms with Crippen LogP contribution in [-0.4, -0.2) is 0 Å². The maximum Gasteiger partial charge on any atom is 0.416 e. The molecule has 6 rings (SSSR count). The summed E-state index contributed by atoms with van der Waals surface area (Å²) in [6.07, 6.45) is -23.8. The van der Waals surface area contributed by atoms with E-state index in [0.717, 1.165) is 42.5 Å². The first-order valence-corrected chi connectivity index (χ1v) is 17.4. The molecule has 0 aromatic heterocycles. The molecular weight excluding hydrogens is 897 g/mol. The SMILES string of the molecule is Nc1cc(Oc2cc(Oc3cc(N)cc(C(F)(F)F)c3)cc(C(F)(F)F)c2)cc(C(F)(F)F)c1.Nc1cc(Oc2cccc(Oc3cc(N)cc(C(F)(F)F)c3)c2)cc(C(F)(F)F)c1. The molecule has 0 atom stereocenters. The molecule has 0 aliphatic carbocycles. The Hall–Kier alpha value is -7.33. The highest BCUT2D eigenvalue weighted by Gasteiger charge is 2.35. The smallest absolute Gasteiger partial charge is 0.416 e. The fourth-order valence-electron chi connectivity index (χ4n) is 5.38. The summed E-state index contributed by atoms with van der Waals surface area (Å²) in [4.78, 5) is 0. The maximum atomic E-state index is 13.3. The van der Waals surface area contributed by atoms with Gasteiger partial charge in [-0.05, 0) is 72.8 Å². The zero-order valence-corrected chi connectivity index (χ0v) is 31.6. The largest absolute Gasteiger partial charge is 0.457 e. The van der Waals surface area contributed by atoms with Crippen molar-refractivity contribution in [1.29, 1.82) is 0 Å². The van der Waals surface area contributed by atoms with Gasteiger partial charge in [-0.15, -0.1) is 0 Å². The molecule has 0 fully saturated rings. The summed E-state index contributed by atoms with van der Waals surface area (Å²) in [6.45, 7) is 0. The number of benzene rings is 6. The molecule has 0 bridgehead atoms. The highest BCUT2D eigenvalue weighted by molar-refractivity contribution is 5.54. The van der Waals surface area contributed by atoms with E-state index in [0.29, 0.717) is 36.4 Å². The lowest BCUT2D eigenvalue weighted by atomic mass is 10.1. The Bertz CT molecular complexity index is 2460. The molecular formula is C41H27F15N4O4. The van der Waals surface area contributed by atoms with Crippen LogP contribution in [0, 0.1) is 0 Å². The first kappa shape index (κ1) is 47.7. The summed E-state index contributed by atoms with van der Waals surface area (Å²) >= 11 is 0. The quantitative estimate of drug-likeness (QED) is 0.0874. The third kappa shape index (κ3) is 13.3. The molecule has 23 heteroatoms. The maximum absolute atomic E-state index is 13.3. The molecule has 0 spiro atoms. The molecule has 0 unspecified atom stereocenters. The summed E-state index contributed by atoms with van der Waals surface area (Å²) < 4.78 is 217. The molecule has 0 aliphatic rings. The van der Waals surface area contributed by atoms with Gasteiger partial charge in [0.25, 0.3) is 0 Å². The summed E-state index contributed by atoms with van der Waals surface area (Å²) in [5, 5.41) is 0. The first-order valence-electron chi connectivity index (χ1n) is 17.4. The van der Waals surface area contributed by atoms with Crippen molar-refractivity contribution in [3.8, 4) is 46.0 Å². The van der Waals surface area contributed by atoms with Crippen molar-refractivity contribution in [2.24, 2.45) is 0 Å². The van der Waals surface area contributed by atoms with Crippen LogP contribution >= 0.6 is 0 Å². The number of alkyl halides is 15. The van der Waals surface area contributed by atoms with Gasteiger partial charge in [-0.3, -0.25) is 0 Å². The van der Waals surface area contributed by atoms with Crippen LogP contribution in [0.4, 0.5) is 88.6 Å². The Balaban J connectivity index is 0.000000243. The Kier molecular flexibility index (Phi) is 13.3. The van der Waals surface area contributed by atoms with Crippen LogP contribution in [-0.2, 0) is 30.9 Å². The highest BCUT2D eigenvalue weighted by atomic mass is 19.4. The Labute approximate surface area is 350 Å². The summed E-state index contributed by atoms with van der Waals surface area (Å²) in [7, 11) is 0. The van der Waals surface area contributed by atoms with E-state index in [2.05, 4.69) is 0 Å². The molecule has 6 aromatic carbocycles.